The van der Waals surface area contributed by atoms with Crippen molar-refractivity contribution in [2.75, 3.05) is 0 Å². The number of benzene rings is 1. The first-order chi connectivity index (χ1) is 10.7. The standard InChI is InChI=1S/C16H13Cl2N3S/c17-13-6-4-12(5-7-13)15(16(18)21-10-9-19-11-21)22-14-3-1-2-8-20-14/h1-11,15-16H. The van der Waals surface area contributed by atoms with Crippen molar-refractivity contribution in [2.45, 2.75) is 15.8 Å². The van der Waals surface area contributed by atoms with Gasteiger partial charge in [-0.3, -0.25) is 0 Å². The molecule has 0 fully saturated rings. The number of thioether (sulfide) groups is 1. The van der Waals surface area contributed by atoms with Crippen LogP contribution in [0.25, 0.3) is 0 Å². The monoisotopic (exact) mass is 349 g/mol. The normalized spacial score (nSPS) is 13.7. The lowest BCUT2D eigenvalue weighted by Gasteiger charge is -2.23. The van der Waals surface area contributed by atoms with E-state index in [-0.39, 0.29) is 10.8 Å². The molecule has 0 aliphatic heterocycles. The number of aromatic nitrogens is 3. The first kappa shape index (κ1) is 15.4. The molecule has 0 aliphatic rings. The van der Waals surface area contributed by atoms with E-state index < -0.39 is 0 Å². The molecule has 3 aromatic rings. The van der Waals surface area contributed by atoms with Crippen LogP contribution in [0.4, 0.5) is 0 Å². The lowest BCUT2D eigenvalue weighted by molar-refractivity contribution is 0.650. The number of hydrogen-bond donors (Lipinski definition) is 0. The summed E-state index contributed by atoms with van der Waals surface area (Å²) in [6.45, 7) is 0. The molecule has 3 rings (SSSR count). The molecule has 0 radical (unpaired) electrons. The van der Waals surface area contributed by atoms with Crippen LogP contribution in [0.3, 0.4) is 0 Å². The van der Waals surface area contributed by atoms with Crippen LogP contribution < -0.4 is 0 Å². The van der Waals surface area contributed by atoms with Crippen molar-refractivity contribution < 1.29 is 0 Å². The van der Waals surface area contributed by atoms with Gasteiger partial charge in [-0.15, -0.1) is 0 Å². The molecule has 2 unspecified atom stereocenters. The number of imidazole rings is 1. The SMILES string of the molecule is Clc1ccc(C(Sc2ccccn2)C(Cl)n2ccnc2)cc1. The number of nitrogens with zero attached hydrogens (tertiary/aromatic N) is 3. The van der Waals surface area contributed by atoms with Gasteiger partial charge in [-0.25, -0.2) is 9.97 Å². The van der Waals surface area contributed by atoms with Crippen molar-refractivity contribution in [2.24, 2.45) is 0 Å². The Morgan fingerprint density at radius 2 is 1.86 bits per heavy atom. The Hall–Kier alpha value is -1.49. The van der Waals surface area contributed by atoms with E-state index in [4.69, 9.17) is 23.2 Å². The van der Waals surface area contributed by atoms with Crippen molar-refractivity contribution in [3.05, 3.63) is 78.0 Å². The predicted octanol–water partition coefficient (Wildman–Crippen LogP) is 5.20. The largest absolute Gasteiger partial charge is 0.319 e. The van der Waals surface area contributed by atoms with Crippen molar-refractivity contribution in [3.63, 3.8) is 0 Å². The first-order valence-electron chi connectivity index (χ1n) is 6.69. The van der Waals surface area contributed by atoms with Crippen molar-refractivity contribution in [1.29, 1.82) is 0 Å². The van der Waals surface area contributed by atoms with Gasteiger partial charge < -0.3 is 4.57 Å². The molecule has 6 heteroatoms. The number of rotatable bonds is 5. The van der Waals surface area contributed by atoms with Crippen LogP contribution in [0.15, 0.2) is 72.4 Å². The zero-order chi connectivity index (χ0) is 15.4. The number of alkyl halides is 1. The van der Waals surface area contributed by atoms with E-state index in [9.17, 15) is 0 Å². The molecule has 0 amide bonds. The van der Waals surface area contributed by atoms with E-state index >= 15 is 0 Å². The number of hydrogen-bond acceptors (Lipinski definition) is 3. The average Bonchev–Trinajstić information content (AvgIpc) is 3.08. The molecule has 0 spiro atoms. The molecule has 0 saturated carbocycles. The fraction of sp³-hybridized carbons (Fsp3) is 0.125. The summed E-state index contributed by atoms with van der Waals surface area (Å²) < 4.78 is 1.89. The summed E-state index contributed by atoms with van der Waals surface area (Å²) in [5.74, 6) is 0. The van der Waals surface area contributed by atoms with E-state index in [2.05, 4.69) is 9.97 Å². The zero-order valence-corrected chi connectivity index (χ0v) is 13.8. The summed E-state index contributed by atoms with van der Waals surface area (Å²) in [7, 11) is 0. The van der Waals surface area contributed by atoms with Gasteiger partial charge in [0.1, 0.15) is 5.50 Å². The van der Waals surface area contributed by atoms with E-state index in [0.717, 1.165) is 10.6 Å². The van der Waals surface area contributed by atoms with Crippen molar-refractivity contribution in [1.82, 2.24) is 14.5 Å². The highest BCUT2D eigenvalue weighted by atomic mass is 35.5. The highest BCUT2D eigenvalue weighted by Crippen LogP contribution is 2.44. The van der Waals surface area contributed by atoms with Gasteiger partial charge in [0.05, 0.1) is 16.6 Å². The van der Waals surface area contributed by atoms with Gasteiger partial charge in [0.15, 0.2) is 0 Å². The van der Waals surface area contributed by atoms with Gasteiger partial charge in [0.25, 0.3) is 0 Å². The van der Waals surface area contributed by atoms with Crippen LogP contribution in [0.1, 0.15) is 16.3 Å². The smallest absolute Gasteiger partial charge is 0.125 e. The van der Waals surface area contributed by atoms with E-state index in [1.807, 2.05) is 53.2 Å². The minimum atomic E-state index is -0.282. The lowest BCUT2D eigenvalue weighted by Crippen LogP contribution is -2.09. The molecule has 0 bridgehead atoms. The Kier molecular flexibility index (Phi) is 5.03. The molecule has 1 aromatic carbocycles. The molecule has 2 aromatic heterocycles. The summed E-state index contributed by atoms with van der Waals surface area (Å²) in [5, 5.41) is 1.62. The first-order valence-corrected chi connectivity index (χ1v) is 8.38. The third kappa shape index (κ3) is 3.64. The van der Waals surface area contributed by atoms with Crippen LogP contribution in [0.5, 0.6) is 0 Å². The Morgan fingerprint density at radius 1 is 1.05 bits per heavy atom. The van der Waals surface area contributed by atoms with Gasteiger partial charge in [-0.2, -0.15) is 0 Å². The maximum atomic E-state index is 6.68. The third-order valence-electron chi connectivity index (χ3n) is 3.14. The Morgan fingerprint density at radius 3 is 2.50 bits per heavy atom. The number of pyridine rings is 1. The molecular formula is C16H13Cl2N3S. The van der Waals surface area contributed by atoms with Gasteiger partial charge in [0.2, 0.25) is 0 Å². The van der Waals surface area contributed by atoms with Gasteiger partial charge >= 0.3 is 0 Å². The molecule has 112 valence electrons. The molecular weight excluding hydrogens is 337 g/mol. The average molecular weight is 350 g/mol. The van der Waals surface area contributed by atoms with E-state index in [1.54, 1.807) is 30.5 Å². The summed E-state index contributed by atoms with van der Waals surface area (Å²) in [6, 6.07) is 13.6. The molecule has 2 atom stereocenters. The van der Waals surface area contributed by atoms with Crippen LogP contribution in [0.2, 0.25) is 5.02 Å². The topological polar surface area (TPSA) is 30.7 Å². The minimum absolute atomic E-state index is 0.0111. The highest BCUT2D eigenvalue weighted by molar-refractivity contribution is 7.99. The highest BCUT2D eigenvalue weighted by Gasteiger charge is 2.24. The maximum Gasteiger partial charge on any atom is 0.125 e. The Bertz CT molecular complexity index is 702. The minimum Gasteiger partial charge on any atom is -0.319 e. The fourth-order valence-electron chi connectivity index (χ4n) is 2.05. The van der Waals surface area contributed by atoms with Crippen LogP contribution in [-0.2, 0) is 0 Å². The second-order valence-electron chi connectivity index (χ2n) is 4.64. The quantitative estimate of drug-likeness (QED) is 0.468. The second-order valence-corrected chi connectivity index (χ2v) is 6.69. The number of halogens is 2. The van der Waals surface area contributed by atoms with E-state index in [1.165, 1.54) is 0 Å². The summed E-state index contributed by atoms with van der Waals surface area (Å²) in [6.07, 6.45) is 7.08. The van der Waals surface area contributed by atoms with Gasteiger partial charge in [-0.1, -0.05) is 53.2 Å². The molecule has 0 aliphatic carbocycles. The molecule has 22 heavy (non-hydrogen) atoms. The molecule has 2 heterocycles. The summed E-state index contributed by atoms with van der Waals surface area (Å²) in [4.78, 5) is 8.45. The van der Waals surface area contributed by atoms with Crippen molar-refractivity contribution in [3.8, 4) is 0 Å². The summed E-state index contributed by atoms with van der Waals surface area (Å²) >= 11 is 14.3. The predicted molar refractivity (Wildman–Crippen MR) is 91.4 cm³/mol. The Balaban J connectivity index is 1.92. The van der Waals surface area contributed by atoms with Crippen LogP contribution >= 0.6 is 35.0 Å². The second kappa shape index (κ2) is 7.18. The van der Waals surface area contributed by atoms with Crippen molar-refractivity contribution >= 4 is 35.0 Å². The van der Waals surface area contributed by atoms with Gasteiger partial charge in [-0.05, 0) is 29.8 Å². The molecule has 3 nitrogen and oxygen atoms in total. The third-order valence-corrected chi connectivity index (χ3v) is 5.29. The van der Waals surface area contributed by atoms with Crippen LogP contribution in [0, 0.1) is 0 Å². The molecule has 0 saturated heterocycles. The van der Waals surface area contributed by atoms with Crippen LogP contribution in [-0.4, -0.2) is 14.5 Å². The zero-order valence-electron chi connectivity index (χ0n) is 11.5. The van der Waals surface area contributed by atoms with Gasteiger partial charge in [0, 0.05) is 23.6 Å². The Labute approximate surface area is 143 Å². The van der Waals surface area contributed by atoms with E-state index in [0.29, 0.717) is 5.02 Å². The fourth-order valence-corrected chi connectivity index (χ4v) is 3.68. The maximum absolute atomic E-state index is 6.68. The summed E-state index contributed by atoms with van der Waals surface area (Å²) in [5.41, 5.74) is 0.810. The lowest BCUT2D eigenvalue weighted by atomic mass is 10.1. The molecule has 0 N–H and O–H groups in total.